The van der Waals surface area contributed by atoms with Crippen LogP contribution >= 0.6 is 11.6 Å². The number of aryl methyl sites for hydroxylation is 1. The van der Waals surface area contributed by atoms with Crippen LogP contribution in [0, 0.1) is 15.9 Å². The lowest BCUT2D eigenvalue weighted by atomic mass is 10.2. The average Bonchev–Trinajstić information content (AvgIpc) is 3.25. The highest BCUT2D eigenvalue weighted by atomic mass is 35.5. The van der Waals surface area contributed by atoms with Crippen LogP contribution in [0.5, 0.6) is 5.88 Å². The number of rotatable bonds is 8. The second-order valence-corrected chi connectivity index (χ2v) is 6.36. The summed E-state index contributed by atoms with van der Waals surface area (Å²) in [5.41, 5.74) is 0.140. The first kappa shape index (κ1) is 20.3. The standard InChI is InChI=1S/C17H16ClFN6O4/c1-29-17-14(25(27)28)10-23(22-17)7-6-15(26)20-16-12(18)9-24(21-16)8-11-4-2-3-5-13(11)19/h2-5,9-10H,6-8H2,1H3,(H,20,21,26). The number of ether oxygens (including phenoxy) is 1. The van der Waals surface area contributed by atoms with Gasteiger partial charge in [0.2, 0.25) is 5.91 Å². The van der Waals surface area contributed by atoms with Gasteiger partial charge in [-0.25, -0.2) is 4.39 Å². The van der Waals surface area contributed by atoms with Crippen LogP contribution in [0.15, 0.2) is 36.7 Å². The van der Waals surface area contributed by atoms with E-state index in [0.29, 0.717) is 5.56 Å². The predicted molar refractivity (Wildman–Crippen MR) is 101 cm³/mol. The molecule has 2 heterocycles. The Labute approximate surface area is 169 Å². The molecule has 1 N–H and O–H groups in total. The SMILES string of the molecule is COc1nn(CCC(=O)Nc2nn(Cc3ccccc3F)cc2Cl)cc1[N+](=O)[O-]. The maximum atomic E-state index is 13.8. The number of anilines is 1. The minimum atomic E-state index is -0.621. The number of amides is 1. The maximum absolute atomic E-state index is 13.8. The number of carbonyl (C=O) groups excluding carboxylic acids is 1. The van der Waals surface area contributed by atoms with Crippen LogP contribution in [0.4, 0.5) is 15.9 Å². The minimum absolute atomic E-state index is 0.0293. The largest absolute Gasteiger partial charge is 0.475 e. The van der Waals surface area contributed by atoms with Gasteiger partial charge >= 0.3 is 11.6 Å². The molecule has 0 bridgehead atoms. The van der Waals surface area contributed by atoms with Crippen molar-refractivity contribution in [3.8, 4) is 5.88 Å². The Balaban J connectivity index is 1.60. The van der Waals surface area contributed by atoms with Gasteiger partial charge in [0.25, 0.3) is 0 Å². The summed E-state index contributed by atoms with van der Waals surface area (Å²) in [6, 6.07) is 6.27. The topological polar surface area (TPSA) is 117 Å². The molecule has 0 saturated carbocycles. The third kappa shape index (κ3) is 4.88. The summed E-state index contributed by atoms with van der Waals surface area (Å²) in [5.74, 6) is -0.781. The molecule has 0 aliphatic heterocycles. The number of aromatic nitrogens is 4. The van der Waals surface area contributed by atoms with E-state index in [9.17, 15) is 19.3 Å². The van der Waals surface area contributed by atoms with Gasteiger partial charge in [-0.2, -0.15) is 5.10 Å². The Morgan fingerprint density at radius 3 is 2.72 bits per heavy atom. The van der Waals surface area contributed by atoms with Crippen molar-refractivity contribution in [1.29, 1.82) is 0 Å². The first-order valence-corrected chi connectivity index (χ1v) is 8.77. The average molecular weight is 423 g/mol. The summed E-state index contributed by atoms with van der Waals surface area (Å²) < 4.78 is 21.3. The molecule has 0 spiro atoms. The fourth-order valence-corrected chi connectivity index (χ4v) is 2.75. The van der Waals surface area contributed by atoms with E-state index in [1.807, 2.05) is 0 Å². The van der Waals surface area contributed by atoms with Crippen molar-refractivity contribution in [2.45, 2.75) is 19.5 Å². The predicted octanol–water partition coefficient (Wildman–Crippen LogP) is 2.87. The quantitative estimate of drug-likeness (QED) is 0.440. The first-order valence-electron chi connectivity index (χ1n) is 8.39. The normalized spacial score (nSPS) is 10.7. The van der Waals surface area contributed by atoms with Crippen molar-refractivity contribution in [3.05, 3.63) is 63.2 Å². The Morgan fingerprint density at radius 2 is 2.07 bits per heavy atom. The molecule has 10 nitrogen and oxygen atoms in total. The summed E-state index contributed by atoms with van der Waals surface area (Å²) in [7, 11) is 1.27. The van der Waals surface area contributed by atoms with E-state index in [2.05, 4.69) is 15.5 Å². The van der Waals surface area contributed by atoms with Crippen molar-refractivity contribution in [2.24, 2.45) is 0 Å². The zero-order valence-electron chi connectivity index (χ0n) is 15.2. The number of methoxy groups -OCH3 is 1. The lowest BCUT2D eigenvalue weighted by Gasteiger charge is -2.04. The van der Waals surface area contributed by atoms with Crippen molar-refractivity contribution in [1.82, 2.24) is 19.6 Å². The lowest BCUT2D eigenvalue weighted by Crippen LogP contribution is -2.15. The van der Waals surface area contributed by atoms with E-state index < -0.39 is 10.8 Å². The van der Waals surface area contributed by atoms with Gasteiger partial charge in [-0.05, 0) is 6.07 Å². The summed E-state index contributed by atoms with van der Waals surface area (Å²) >= 11 is 6.09. The monoisotopic (exact) mass is 422 g/mol. The van der Waals surface area contributed by atoms with Gasteiger partial charge in [0.05, 0.1) is 25.1 Å². The molecule has 1 aromatic carbocycles. The molecule has 0 saturated heterocycles. The smallest absolute Gasteiger partial charge is 0.350 e. The Morgan fingerprint density at radius 1 is 1.31 bits per heavy atom. The molecule has 0 radical (unpaired) electrons. The summed E-state index contributed by atoms with van der Waals surface area (Å²) in [6.45, 7) is 0.239. The first-order chi connectivity index (χ1) is 13.9. The highest BCUT2D eigenvalue weighted by Crippen LogP contribution is 2.24. The number of benzene rings is 1. The van der Waals surface area contributed by atoms with E-state index in [-0.39, 0.29) is 47.7 Å². The highest BCUT2D eigenvalue weighted by Gasteiger charge is 2.20. The molecular weight excluding hydrogens is 407 g/mol. The summed E-state index contributed by atoms with van der Waals surface area (Å²) in [5, 5.41) is 21.7. The molecule has 0 atom stereocenters. The van der Waals surface area contributed by atoms with Crippen LogP contribution in [0.2, 0.25) is 5.02 Å². The molecule has 0 aliphatic rings. The zero-order valence-corrected chi connectivity index (χ0v) is 16.0. The maximum Gasteiger partial charge on any atom is 0.350 e. The highest BCUT2D eigenvalue weighted by molar-refractivity contribution is 6.33. The molecule has 152 valence electrons. The van der Waals surface area contributed by atoms with Crippen molar-refractivity contribution < 1.29 is 18.8 Å². The molecule has 3 rings (SSSR count). The van der Waals surface area contributed by atoms with E-state index in [1.54, 1.807) is 18.2 Å². The molecule has 0 unspecified atom stereocenters. The van der Waals surface area contributed by atoms with E-state index in [0.717, 1.165) is 0 Å². The van der Waals surface area contributed by atoms with Gasteiger partial charge in [0, 0.05) is 18.2 Å². The molecule has 0 aliphatic carbocycles. The van der Waals surface area contributed by atoms with Gasteiger partial charge in [-0.1, -0.05) is 29.8 Å². The van der Waals surface area contributed by atoms with Crippen LogP contribution < -0.4 is 10.1 Å². The number of nitrogens with zero attached hydrogens (tertiary/aromatic N) is 5. The van der Waals surface area contributed by atoms with Gasteiger partial charge in [0.1, 0.15) is 17.0 Å². The van der Waals surface area contributed by atoms with Gasteiger partial charge in [-0.3, -0.25) is 24.3 Å². The van der Waals surface area contributed by atoms with E-state index >= 15 is 0 Å². The molecule has 12 heteroatoms. The number of hydrogen-bond donors (Lipinski definition) is 1. The molecule has 3 aromatic rings. The number of carbonyl (C=O) groups is 1. The van der Waals surface area contributed by atoms with Crippen LogP contribution in [0.1, 0.15) is 12.0 Å². The third-order valence-electron chi connectivity index (χ3n) is 3.93. The van der Waals surface area contributed by atoms with Gasteiger partial charge in [-0.15, -0.1) is 5.10 Å². The van der Waals surface area contributed by atoms with Crippen LogP contribution in [-0.4, -0.2) is 37.5 Å². The second-order valence-electron chi connectivity index (χ2n) is 5.96. The summed E-state index contributed by atoms with van der Waals surface area (Å²) in [6.07, 6.45) is 2.63. The number of halogens is 2. The summed E-state index contributed by atoms with van der Waals surface area (Å²) in [4.78, 5) is 22.5. The third-order valence-corrected chi connectivity index (χ3v) is 4.21. The molecular formula is C17H16ClFN6O4. The molecule has 29 heavy (non-hydrogen) atoms. The molecule has 0 fully saturated rings. The van der Waals surface area contributed by atoms with Crippen molar-refractivity contribution in [2.75, 3.05) is 12.4 Å². The minimum Gasteiger partial charge on any atom is -0.475 e. The van der Waals surface area contributed by atoms with E-state index in [1.165, 1.54) is 34.9 Å². The Kier molecular flexibility index (Phi) is 6.07. The van der Waals surface area contributed by atoms with Crippen molar-refractivity contribution in [3.63, 3.8) is 0 Å². The van der Waals surface area contributed by atoms with Crippen LogP contribution in [-0.2, 0) is 17.9 Å². The number of nitrogens with one attached hydrogen (secondary N) is 1. The van der Waals surface area contributed by atoms with Crippen LogP contribution in [0.25, 0.3) is 0 Å². The van der Waals surface area contributed by atoms with Gasteiger partial charge < -0.3 is 10.1 Å². The van der Waals surface area contributed by atoms with Crippen LogP contribution in [0.3, 0.4) is 0 Å². The fourth-order valence-electron chi connectivity index (χ4n) is 2.55. The fraction of sp³-hybridized carbons (Fsp3) is 0.235. The molecule has 2 aromatic heterocycles. The second kappa shape index (κ2) is 8.69. The Hall–Kier alpha value is -3.47. The number of hydrogen-bond acceptors (Lipinski definition) is 6. The van der Waals surface area contributed by atoms with Crippen molar-refractivity contribution >= 4 is 29.0 Å². The zero-order chi connectivity index (χ0) is 21.0. The van der Waals surface area contributed by atoms with E-state index in [4.69, 9.17) is 16.3 Å². The van der Waals surface area contributed by atoms with Gasteiger partial charge in [0.15, 0.2) is 5.82 Å². The Bertz CT molecular complexity index is 1050. The number of nitro groups is 1. The lowest BCUT2D eigenvalue weighted by molar-refractivity contribution is -0.385. The molecule has 1 amide bonds.